The van der Waals surface area contributed by atoms with Crippen molar-refractivity contribution >= 4 is 5.91 Å². The van der Waals surface area contributed by atoms with E-state index in [0.29, 0.717) is 38.4 Å². The lowest BCUT2D eigenvalue weighted by molar-refractivity contribution is 0.0940. The summed E-state index contributed by atoms with van der Waals surface area (Å²) in [7, 11) is 0. The molecule has 1 aliphatic carbocycles. The maximum Gasteiger partial charge on any atom is 0.296 e. The summed E-state index contributed by atoms with van der Waals surface area (Å²) in [4.78, 5) is 28.6. The van der Waals surface area contributed by atoms with Crippen LogP contribution < -0.4 is 10.9 Å². The molecule has 2 N–H and O–H groups in total. The number of amides is 1. The largest absolute Gasteiger partial charge is 0.501 e. The molecule has 2 heterocycles. The van der Waals surface area contributed by atoms with Crippen molar-refractivity contribution in [2.75, 3.05) is 19.8 Å². The minimum Gasteiger partial charge on any atom is -0.501 e. The Bertz CT molecular complexity index is 769. The van der Waals surface area contributed by atoms with E-state index in [1.54, 1.807) is 6.08 Å². The minimum atomic E-state index is -0.664. The van der Waals surface area contributed by atoms with Crippen molar-refractivity contribution in [2.45, 2.75) is 19.4 Å². The summed E-state index contributed by atoms with van der Waals surface area (Å²) in [5.74, 6) is -1.20. The van der Waals surface area contributed by atoms with Crippen LogP contribution in [0.4, 0.5) is 4.39 Å². The number of nitrogens with zero attached hydrogens (tertiary/aromatic N) is 2. The van der Waals surface area contributed by atoms with Crippen molar-refractivity contribution in [1.29, 1.82) is 0 Å². The van der Waals surface area contributed by atoms with Crippen LogP contribution in [0.5, 0.6) is 5.75 Å². The fraction of sp³-hybridized carbons (Fsp3) is 0.438. The highest BCUT2D eigenvalue weighted by atomic mass is 19.1. The van der Waals surface area contributed by atoms with E-state index in [0.717, 1.165) is 0 Å². The summed E-state index contributed by atoms with van der Waals surface area (Å²) >= 11 is 0. The van der Waals surface area contributed by atoms with E-state index in [9.17, 15) is 19.1 Å². The molecule has 1 atom stereocenters. The molecule has 1 unspecified atom stereocenters. The standard InChI is InChI=1S/C16H18FN3O4/c17-11-3-1-10(2-4-11)9-18-15(22)13-14(21)16(23)20-6-8-24-7-5-12(20)19-13/h1,3-4,10,21H,2,5-9H2,(H,18,22). The summed E-state index contributed by atoms with van der Waals surface area (Å²) in [6.45, 7) is 1.32. The Hall–Kier alpha value is -2.48. The van der Waals surface area contributed by atoms with Crippen molar-refractivity contribution in [1.82, 2.24) is 14.9 Å². The third-order valence-corrected chi connectivity index (χ3v) is 4.04. The van der Waals surface area contributed by atoms with Crippen LogP contribution >= 0.6 is 0 Å². The van der Waals surface area contributed by atoms with Gasteiger partial charge < -0.3 is 15.2 Å². The summed E-state index contributed by atoms with van der Waals surface area (Å²) < 4.78 is 19.5. The van der Waals surface area contributed by atoms with Gasteiger partial charge in [-0.1, -0.05) is 6.08 Å². The fourth-order valence-corrected chi connectivity index (χ4v) is 2.69. The molecule has 0 radical (unpaired) electrons. The van der Waals surface area contributed by atoms with Gasteiger partial charge in [-0.25, -0.2) is 9.37 Å². The van der Waals surface area contributed by atoms with Crippen LogP contribution in [0, 0.1) is 5.92 Å². The van der Waals surface area contributed by atoms with Crippen LogP contribution in [0.25, 0.3) is 0 Å². The van der Waals surface area contributed by atoms with Crippen LogP contribution in [-0.2, 0) is 17.7 Å². The highest BCUT2D eigenvalue weighted by Crippen LogP contribution is 2.17. The summed E-state index contributed by atoms with van der Waals surface area (Å²) in [5.41, 5.74) is -0.923. The lowest BCUT2D eigenvalue weighted by atomic mass is 10.0. The van der Waals surface area contributed by atoms with Crippen molar-refractivity contribution in [2.24, 2.45) is 5.92 Å². The molecule has 1 amide bonds. The van der Waals surface area contributed by atoms with E-state index in [-0.39, 0.29) is 24.0 Å². The molecule has 1 aromatic rings. The Morgan fingerprint density at radius 1 is 1.50 bits per heavy atom. The van der Waals surface area contributed by atoms with Crippen molar-refractivity contribution in [3.63, 3.8) is 0 Å². The smallest absolute Gasteiger partial charge is 0.296 e. The third kappa shape index (κ3) is 3.38. The van der Waals surface area contributed by atoms with Crippen molar-refractivity contribution < 1.29 is 19.0 Å². The van der Waals surface area contributed by atoms with Gasteiger partial charge in [-0.2, -0.15) is 0 Å². The molecule has 0 saturated carbocycles. The van der Waals surface area contributed by atoms with E-state index in [4.69, 9.17) is 4.74 Å². The fourth-order valence-electron chi connectivity index (χ4n) is 2.69. The Morgan fingerprint density at radius 3 is 3.08 bits per heavy atom. The van der Waals surface area contributed by atoms with Gasteiger partial charge in [0.2, 0.25) is 5.75 Å². The molecule has 1 aliphatic heterocycles. The topological polar surface area (TPSA) is 93.5 Å². The average molecular weight is 335 g/mol. The SMILES string of the molecule is O=C(NCC1C=CC(F)=CC1)c1nc2n(c(=O)c1O)CCOCC2. The first-order chi connectivity index (χ1) is 11.6. The number of aromatic nitrogens is 2. The van der Waals surface area contributed by atoms with Crippen LogP contribution in [0.3, 0.4) is 0 Å². The molecule has 1 aromatic heterocycles. The van der Waals surface area contributed by atoms with Gasteiger partial charge in [0.15, 0.2) is 5.69 Å². The number of fused-ring (bicyclic) bond motifs is 1. The highest BCUT2D eigenvalue weighted by molar-refractivity contribution is 5.94. The maximum atomic E-state index is 12.9. The number of ether oxygens (including phenoxy) is 1. The molecular formula is C16H18FN3O4. The van der Waals surface area contributed by atoms with Crippen LogP contribution in [0.2, 0.25) is 0 Å². The number of aromatic hydroxyl groups is 1. The molecule has 3 rings (SSSR count). The van der Waals surface area contributed by atoms with Crippen molar-refractivity contribution in [3.05, 3.63) is 45.9 Å². The quantitative estimate of drug-likeness (QED) is 0.847. The Balaban J connectivity index is 1.75. The molecule has 128 valence electrons. The lowest BCUT2D eigenvalue weighted by Gasteiger charge is -2.15. The van der Waals surface area contributed by atoms with Gasteiger partial charge in [-0.15, -0.1) is 0 Å². The molecule has 0 bridgehead atoms. The number of hydrogen-bond acceptors (Lipinski definition) is 5. The first-order valence-electron chi connectivity index (χ1n) is 7.78. The average Bonchev–Trinajstić information content (AvgIpc) is 2.83. The minimum absolute atomic E-state index is 0.0362. The molecule has 24 heavy (non-hydrogen) atoms. The first-order valence-corrected chi connectivity index (χ1v) is 7.78. The third-order valence-electron chi connectivity index (χ3n) is 4.04. The summed E-state index contributed by atoms with van der Waals surface area (Å²) in [5, 5.41) is 12.6. The zero-order valence-corrected chi connectivity index (χ0v) is 13.0. The van der Waals surface area contributed by atoms with Gasteiger partial charge in [0.25, 0.3) is 11.5 Å². The normalized spacial score (nSPS) is 20.0. The molecule has 7 nitrogen and oxygen atoms in total. The van der Waals surface area contributed by atoms with Gasteiger partial charge in [-0.3, -0.25) is 14.2 Å². The second kappa shape index (κ2) is 6.96. The van der Waals surface area contributed by atoms with Crippen LogP contribution in [0.1, 0.15) is 22.7 Å². The van der Waals surface area contributed by atoms with Gasteiger partial charge in [0, 0.05) is 13.0 Å². The maximum absolute atomic E-state index is 12.9. The summed E-state index contributed by atoms with van der Waals surface area (Å²) in [6.07, 6.45) is 5.34. The number of nitrogens with one attached hydrogen (secondary N) is 1. The van der Waals surface area contributed by atoms with E-state index >= 15 is 0 Å². The van der Waals surface area contributed by atoms with Crippen LogP contribution in [-0.4, -0.2) is 40.3 Å². The zero-order valence-electron chi connectivity index (χ0n) is 13.0. The van der Waals surface area contributed by atoms with Gasteiger partial charge >= 0.3 is 0 Å². The summed E-state index contributed by atoms with van der Waals surface area (Å²) in [6, 6.07) is 0. The number of halogens is 1. The van der Waals surface area contributed by atoms with Gasteiger partial charge in [0.1, 0.15) is 11.7 Å². The zero-order chi connectivity index (χ0) is 17.1. The molecule has 0 spiro atoms. The Morgan fingerprint density at radius 2 is 2.33 bits per heavy atom. The number of rotatable bonds is 3. The molecule has 0 fully saturated rings. The second-order valence-electron chi connectivity index (χ2n) is 5.70. The molecule has 8 heteroatoms. The van der Waals surface area contributed by atoms with E-state index in [1.165, 1.54) is 16.7 Å². The molecule has 0 aromatic carbocycles. The number of carbonyl (C=O) groups is 1. The number of carbonyl (C=O) groups excluding carboxylic acids is 1. The van der Waals surface area contributed by atoms with Crippen LogP contribution in [0.15, 0.2) is 28.8 Å². The molecule has 2 aliphatic rings. The predicted molar refractivity (Wildman–Crippen MR) is 83.5 cm³/mol. The second-order valence-corrected chi connectivity index (χ2v) is 5.70. The monoisotopic (exact) mass is 335 g/mol. The Labute approximate surface area is 137 Å². The van der Waals surface area contributed by atoms with Gasteiger partial charge in [0.05, 0.1) is 19.8 Å². The first kappa shape index (κ1) is 16.4. The number of hydrogen-bond donors (Lipinski definition) is 2. The van der Waals surface area contributed by atoms with Crippen molar-refractivity contribution in [3.8, 4) is 5.75 Å². The molecule has 0 saturated heterocycles. The molecular weight excluding hydrogens is 317 g/mol. The van der Waals surface area contributed by atoms with Gasteiger partial charge in [-0.05, 0) is 24.5 Å². The van der Waals surface area contributed by atoms with E-state index in [1.807, 2.05) is 0 Å². The van der Waals surface area contributed by atoms with E-state index in [2.05, 4.69) is 10.3 Å². The highest BCUT2D eigenvalue weighted by Gasteiger charge is 2.22. The number of allylic oxidation sites excluding steroid dienone is 3. The lowest BCUT2D eigenvalue weighted by Crippen LogP contribution is -2.33. The van der Waals surface area contributed by atoms with E-state index < -0.39 is 17.2 Å². The predicted octanol–water partition coefficient (Wildman–Crippen LogP) is 0.681. The Kier molecular flexibility index (Phi) is 4.75.